The highest BCUT2D eigenvalue weighted by atomic mass is 16.5. The summed E-state index contributed by atoms with van der Waals surface area (Å²) in [4.78, 5) is 11.4. The van der Waals surface area contributed by atoms with E-state index in [1.165, 1.54) is 0 Å². The molecule has 3 nitrogen and oxygen atoms in total. The van der Waals surface area contributed by atoms with Gasteiger partial charge in [0.05, 0.1) is 12.2 Å². The van der Waals surface area contributed by atoms with Crippen LogP contribution in [0.15, 0.2) is 12.1 Å². The number of benzene rings is 1. The number of fused-ring (bicyclic) bond motifs is 1. The van der Waals surface area contributed by atoms with Crippen LogP contribution in [0.3, 0.4) is 0 Å². The van der Waals surface area contributed by atoms with Gasteiger partial charge in [0.25, 0.3) is 0 Å². The average Bonchev–Trinajstić information content (AvgIpc) is 2.61. The van der Waals surface area contributed by atoms with E-state index >= 15 is 0 Å². The van der Waals surface area contributed by atoms with Gasteiger partial charge in [-0.05, 0) is 36.6 Å². The molecule has 1 aromatic carbocycles. The number of cyclic esters (lactones) is 1. The Balaban J connectivity index is 2.57. The Hall–Kier alpha value is -1.61. The van der Waals surface area contributed by atoms with Crippen LogP contribution >= 0.6 is 0 Å². The minimum atomic E-state index is -0.237. The van der Waals surface area contributed by atoms with Crippen molar-refractivity contribution in [2.75, 3.05) is 6.61 Å². The second kappa shape index (κ2) is 4.10. The molecule has 2 rings (SSSR count). The number of ether oxygens (including phenoxy) is 1. The SMILES string of the molecule is Cc1cc2c(c(C)c1C=CCO)COC2=O. The van der Waals surface area contributed by atoms with Gasteiger partial charge in [-0.25, -0.2) is 4.79 Å². The van der Waals surface area contributed by atoms with E-state index < -0.39 is 0 Å². The van der Waals surface area contributed by atoms with Crippen LogP contribution in [0.2, 0.25) is 0 Å². The molecule has 0 radical (unpaired) electrons. The molecule has 16 heavy (non-hydrogen) atoms. The Morgan fingerprint density at radius 2 is 2.25 bits per heavy atom. The smallest absolute Gasteiger partial charge is 0.338 e. The fraction of sp³-hybridized carbons (Fsp3) is 0.308. The minimum Gasteiger partial charge on any atom is -0.457 e. The average molecular weight is 218 g/mol. The molecule has 0 bridgehead atoms. The number of hydrogen-bond acceptors (Lipinski definition) is 3. The van der Waals surface area contributed by atoms with Crippen LogP contribution in [-0.4, -0.2) is 17.7 Å². The van der Waals surface area contributed by atoms with Gasteiger partial charge in [-0.1, -0.05) is 12.2 Å². The van der Waals surface area contributed by atoms with Gasteiger partial charge in [0, 0.05) is 5.56 Å². The molecule has 1 aliphatic rings. The van der Waals surface area contributed by atoms with Crippen molar-refractivity contribution in [3.8, 4) is 0 Å². The molecule has 0 spiro atoms. The zero-order chi connectivity index (χ0) is 11.7. The number of aryl methyl sites for hydroxylation is 1. The van der Waals surface area contributed by atoms with Gasteiger partial charge in [0.1, 0.15) is 6.61 Å². The molecule has 0 saturated heterocycles. The van der Waals surface area contributed by atoms with Crippen molar-refractivity contribution in [2.45, 2.75) is 20.5 Å². The zero-order valence-electron chi connectivity index (χ0n) is 9.41. The highest BCUT2D eigenvalue weighted by Crippen LogP contribution is 2.29. The lowest BCUT2D eigenvalue weighted by atomic mass is 9.94. The van der Waals surface area contributed by atoms with Crippen molar-refractivity contribution in [3.05, 3.63) is 40.0 Å². The first-order valence-corrected chi connectivity index (χ1v) is 5.22. The summed E-state index contributed by atoms with van der Waals surface area (Å²) in [5.74, 6) is -0.237. The van der Waals surface area contributed by atoms with Crippen LogP contribution in [0.4, 0.5) is 0 Å². The minimum absolute atomic E-state index is 0.0192. The largest absolute Gasteiger partial charge is 0.457 e. The second-order valence-electron chi connectivity index (χ2n) is 3.92. The predicted octanol–water partition coefficient (Wildman–Crippen LogP) is 1.98. The summed E-state index contributed by atoms with van der Waals surface area (Å²) in [5.41, 5.74) is 4.79. The number of aliphatic hydroxyl groups excluding tert-OH is 1. The summed E-state index contributed by atoms with van der Waals surface area (Å²) in [6.45, 7) is 4.31. The Kier molecular flexibility index (Phi) is 2.79. The Labute approximate surface area is 94.4 Å². The van der Waals surface area contributed by atoms with Crippen LogP contribution in [0.5, 0.6) is 0 Å². The molecule has 0 amide bonds. The van der Waals surface area contributed by atoms with E-state index in [2.05, 4.69) is 0 Å². The lowest BCUT2D eigenvalue weighted by Crippen LogP contribution is -1.98. The standard InChI is InChI=1S/C13H14O3/c1-8-6-11-12(7-16-13(11)15)9(2)10(8)4-3-5-14/h3-4,6,14H,5,7H2,1-2H3. The number of esters is 1. The quantitative estimate of drug-likeness (QED) is 0.772. The van der Waals surface area contributed by atoms with Gasteiger partial charge in [-0.3, -0.25) is 0 Å². The van der Waals surface area contributed by atoms with E-state index in [0.29, 0.717) is 12.2 Å². The van der Waals surface area contributed by atoms with E-state index in [9.17, 15) is 4.79 Å². The maximum atomic E-state index is 11.4. The van der Waals surface area contributed by atoms with Gasteiger partial charge >= 0.3 is 5.97 Å². The van der Waals surface area contributed by atoms with E-state index in [-0.39, 0.29) is 12.6 Å². The molecule has 0 unspecified atom stereocenters. The molecule has 0 aromatic heterocycles. The first kappa shape index (κ1) is 10.9. The van der Waals surface area contributed by atoms with Crippen LogP contribution in [0, 0.1) is 13.8 Å². The lowest BCUT2D eigenvalue weighted by molar-refractivity contribution is 0.0535. The monoisotopic (exact) mass is 218 g/mol. The molecular formula is C13H14O3. The Bertz CT molecular complexity index is 473. The van der Waals surface area contributed by atoms with E-state index in [0.717, 1.165) is 22.3 Å². The molecule has 0 fully saturated rings. The van der Waals surface area contributed by atoms with Crippen molar-refractivity contribution in [1.29, 1.82) is 0 Å². The number of aliphatic hydroxyl groups is 1. The van der Waals surface area contributed by atoms with Gasteiger partial charge in [-0.2, -0.15) is 0 Å². The number of rotatable bonds is 2. The summed E-state index contributed by atoms with van der Waals surface area (Å²) in [7, 11) is 0. The van der Waals surface area contributed by atoms with Crippen molar-refractivity contribution >= 4 is 12.0 Å². The maximum Gasteiger partial charge on any atom is 0.338 e. The zero-order valence-corrected chi connectivity index (χ0v) is 9.41. The summed E-state index contributed by atoms with van der Waals surface area (Å²) in [6.07, 6.45) is 3.58. The van der Waals surface area contributed by atoms with Crippen molar-refractivity contribution in [1.82, 2.24) is 0 Å². The molecule has 1 N–H and O–H groups in total. The predicted molar refractivity (Wildman–Crippen MR) is 61.2 cm³/mol. The molecule has 1 aliphatic heterocycles. The molecule has 0 saturated carbocycles. The van der Waals surface area contributed by atoms with Crippen molar-refractivity contribution in [2.24, 2.45) is 0 Å². The molecule has 0 aliphatic carbocycles. The van der Waals surface area contributed by atoms with Gasteiger partial charge < -0.3 is 9.84 Å². The Morgan fingerprint density at radius 1 is 1.50 bits per heavy atom. The van der Waals surface area contributed by atoms with Gasteiger partial charge in [-0.15, -0.1) is 0 Å². The number of hydrogen-bond donors (Lipinski definition) is 1. The molecule has 3 heteroatoms. The number of carbonyl (C=O) groups excluding carboxylic acids is 1. The van der Waals surface area contributed by atoms with E-state index in [1.54, 1.807) is 6.08 Å². The Morgan fingerprint density at radius 3 is 2.94 bits per heavy atom. The maximum absolute atomic E-state index is 11.4. The highest BCUT2D eigenvalue weighted by Gasteiger charge is 2.24. The molecular weight excluding hydrogens is 204 g/mol. The van der Waals surface area contributed by atoms with Crippen LogP contribution in [0.25, 0.3) is 6.08 Å². The fourth-order valence-electron chi connectivity index (χ4n) is 2.05. The van der Waals surface area contributed by atoms with Crippen molar-refractivity contribution in [3.63, 3.8) is 0 Å². The fourth-order valence-corrected chi connectivity index (χ4v) is 2.05. The molecule has 84 valence electrons. The lowest BCUT2D eigenvalue weighted by Gasteiger charge is -2.09. The van der Waals surface area contributed by atoms with Crippen LogP contribution in [0.1, 0.15) is 32.6 Å². The molecule has 0 atom stereocenters. The highest BCUT2D eigenvalue weighted by molar-refractivity contribution is 5.94. The summed E-state index contributed by atoms with van der Waals surface area (Å²) in [6, 6.07) is 1.86. The van der Waals surface area contributed by atoms with E-state index in [1.807, 2.05) is 26.0 Å². The van der Waals surface area contributed by atoms with Gasteiger partial charge in [0.2, 0.25) is 0 Å². The third kappa shape index (κ3) is 1.63. The van der Waals surface area contributed by atoms with Crippen molar-refractivity contribution < 1.29 is 14.6 Å². The summed E-state index contributed by atoms with van der Waals surface area (Å²) >= 11 is 0. The molecule has 1 aromatic rings. The van der Waals surface area contributed by atoms with Crippen LogP contribution < -0.4 is 0 Å². The second-order valence-corrected chi connectivity index (χ2v) is 3.92. The number of carbonyl (C=O) groups is 1. The third-order valence-corrected chi connectivity index (χ3v) is 2.92. The third-order valence-electron chi connectivity index (χ3n) is 2.92. The summed E-state index contributed by atoms with van der Waals surface area (Å²) < 4.78 is 5.01. The van der Waals surface area contributed by atoms with Crippen LogP contribution in [-0.2, 0) is 11.3 Å². The van der Waals surface area contributed by atoms with Gasteiger partial charge in [0.15, 0.2) is 0 Å². The molecule has 1 heterocycles. The van der Waals surface area contributed by atoms with E-state index in [4.69, 9.17) is 9.84 Å². The first-order chi connectivity index (χ1) is 7.65. The summed E-state index contributed by atoms with van der Waals surface area (Å²) in [5, 5.41) is 8.78. The first-order valence-electron chi connectivity index (χ1n) is 5.22. The topological polar surface area (TPSA) is 46.5 Å². The normalized spacial score (nSPS) is 14.3.